The van der Waals surface area contributed by atoms with E-state index >= 15 is 0 Å². The summed E-state index contributed by atoms with van der Waals surface area (Å²) in [5, 5.41) is 2.82. The number of sulfonamides is 1. The predicted molar refractivity (Wildman–Crippen MR) is 134 cm³/mol. The molecule has 34 heavy (non-hydrogen) atoms. The smallest absolute Gasteiger partial charge is 0.244 e. The van der Waals surface area contributed by atoms with Crippen LogP contribution in [0.5, 0.6) is 5.75 Å². The second-order valence-corrected chi connectivity index (χ2v) is 10.0. The summed E-state index contributed by atoms with van der Waals surface area (Å²) >= 11 is 0. The molecule has 8 nitrogen and oxygen atoms in total. The fourth-order valence-corrected chi connectivity index (χ4v) is 4.29. The van der Waals surface area contributed by atoms with Crippen molar-refractivity contribution in [3.05, 3.63) is 59.7 Å². The molecule has 2 rings (SSSR count). The first-order chi connectivity index (χ1) is 16.1. The highest BCUT2D eigenvalue weighted by Crippen LogP contribution is 2.23. The molecule has 2 aromatic rings. The molecule has 0 saturated carbocycles. The number of carbonyl (C=O) groups excluding carboxylic acids is 2. The topological polar surface area (TPSA) is 96.0 Å². The lowest BCUT2D eigenvalue weighted by molar-refractivity contribution is -0.139. The fourth-order valence-electron chi connectivity index (χ4n) is 3.44. The number of nitrogens with one attached hydrogen (secondary N) is 1. The number of hydrogen-bond acceptors (Lipinski definition) is 5. The molecule has 2 amide bonds. The summed E-state index contributed by atoms with van der Waals surface area (Å²) in [4.78, 5) is 27.6. The van der Waals surface area contributed by atoms with Gasteiger partial charge >= 0.3 is 0 Å². The summed E-state index contributed by atoms with van der Waals surface area (Å²) in [7, 11) is -3.77. The molecule has 0 unspecified atom stereocenters. The van der Waals surface area contributed by atoms with E-state index in [1.807, 2.05) is 45.0 Å². The van der Waals surface area contributed by atoms with Gasteiger partial charge in [0.2, 0.25) is 21.8 Å². The number of rotatable bonds is 12. The van der Waals surface area contributed by atoms with E-state index in [1.165, 1.54) is 4.90 Å². The van der Waals surface area contributed by atoms with Crippen molar-refractivity contribution in [3.8, 4) is 5.75 Å². The maximum absolute atomic E-state index is 13.5. The molecule has 0 fully saturated rings. The van der Waals surface area contributed by atoms with Crippen LogP contribution < -0.4 is 14.4 Å². The lowest BCUT2D eigenvalue weighted by atomic mass is 10.1. The van der Waals surface area contributed by atoms with Gasteiger partial charge in [-0.3, -0.25) is 13.9 Å². The Morgan fingerprint density at radius 2 is 1.71 bits per heavy atom. The fraction of sp³-hybridized carbons (Fsp3) is 0.440. The van der Waals surface area contributed by atoms with Gasteiger partial charge in [0.25, 0.3) is 0 Å². The first-order valence-corrected chi connectivity index (χ1v) is 13.3. The van der Waals surface area contributed by atoms with E-state index in [4.69, 9.17) is 4.74 Å². The van der Waals surface area contributed by atoms with Crippen molar-refractivity contribution in [2.75, 3.05) is 30.3 Å². The molecule has 1 atom stereocenters. The van der Waals surface area contributed by atoms with E-state index < -0.39 is 28.5 Å². The van der Waals surface area contributed by atoms with Gasteiger partial charge in [-0.25, -0.2) is 8.42 Å². The molecule has 0 saturated heterocycles. The van der Waals surface area contributed by atoms with Crippen LogP contribution >= 0.6 is 0 Å². The van der Waals surface area contributed by atoms with Crippen LogP contribution in [0.3, 0.4) is 0 Å². The number of carbonyl (C=O) groups is 2. The Bertz CT molecular complexity index is 1070. The van der Waals surface area contributed by atoms with E-state index in [0.717, 1.165) is 28.1 Å². The summed E-state index contributed by atoms with van der Waals surface area (Å²) in [6.07, 6.45) is 1.82. The van der Waals surface area contributed by atoms with Gasteiger partial charge in [0, 0.05) is 13.1 Å². The number of anilines is 1. The van der Waals surface area contributed by atoms with E-state index in [9.17, 15) is 18.0 Å². The zero-order valence-electron chi connectivity index (χ0n) is 20.6. The standard InChI is InChI=1S/C25H35N3O5S/c1-6-16-26-25(30)20(4)27(17-21-11-9-8-10-19(21)3)24(29)18-28(34(5,31)32)22-12-14-23(15-13-22)33-7-2/h8-15,20H,6-7,16-18H2,1-5H3,(H,26,30)/t20-/m1/s1. The molecule has 1 N–H and O–H groups in total. The Morgan fingerprint density at radius 3 is 2.26 bits per heavy atom. The summed E-state index contributed by atoms with van der Waals surface area (Å²) in [5.74, 6) is -0.147. The van der Waals surface area contributed by atoms with Crippen LogP contribution in [-0.4, -0.2) is 57.1 Å². The quantitative estimate of drug-likeness (QED) is 0.494. The minimum absolute atomic E-state index is 0.188. The van der Waals surface area contributed by atoms with Crippen LogP contribution in [0.2, 0.25) is 0 Å². The number of amides is 2. The Labute approximate surface area is 202 Å². The molecule has 0 aliphatic rings. The highest BCUT2D eigenvalue weighted by atomic mass is 32.2. The molecule has 0 radical (unpaired) electrons. The molecule has 0 spiro atoms. The van der Waals surface area contributed by atoms with Crippen molar-refractivity contribution in [1.82, 2.24) is 10.2 Å². The molecule has 0 aliphatic carbocycles. The first-order valence-electron chi connectivity index (χ1n) is 11.4. The second-order valence-electron chi connectivity index (χ2n) is 8.11. The van der Waals surface area contributed by atoms with Crippen molar-refractivity contribution in [3.63, 3.8) is 0 Å². The Morgan fingerprint density at radius 1 is 1.06 bits per heavy atom. The van der Waals surface area contributed by atoms with Gasteiger partial charge in [0.15, 0.2) is 0 Å². The average Bonchev–Trinajstić information content (AvgIpc) is 2.80. The minimum atomic E-state index is -3.77. The lowest BCUT2D eigenvalue weighted by Gasteiger charge is -2.32. The lowest BCUT2D eigenvalue weighted by Crippen LogP contribution is -2.51. The zero-order chi connectivity index (χ0) is 25.3. The number of hydrogen-bond donors (Lipinski definition) is 1. The van der Waals surface area contributed by atoms with Crippen molar-refractivity contribution < 1.29 is 22.7 Å². The Hall–Kier alpha value is -3.07. The highest BCUT2D eigenvalue weighted by Gasteiger charge is 2.30. The van der Waals surface area contributed by atoms with Gasteiger partial charge in [-0.2, -0.15) is 0 Å². The van der Waals surface area contributed by atoms with Gasteiger partial charge in [0.05, 0.1) is 18.6 Å². The highest BCUT2D eigenvalue weighted by molar-refractivity contribution is 7.92. The summed E-state index contributed by atoms with van der Waals surface area (Å²) in [6, 6.07) is 13.3. The molecular weight excluding hydrogens is 454 g/mol. The van der Waals surface area contributed by atoms with Gasteiger partial charge in [0.1, 0.15) is 18.3 Å². The molecule has 2 aromatic carbocycles. The molecule has 0 heterocycles. The molecule has 186 valence electrons. The number of nitrogens with zero attached hydrogens (tertiary/aromatic N) is 2. The van der Waals surface area contributed by atoms with Gasteiger partial charge < -0.3 is 15.0 Å². The molecule has 0 bridgehead atoms. The van der Waals surface area contributed by atoms with E-state index in [0.29, 0.717) is 24.6 Å². The van der Waals surface area contributed by atoms with Crippen molar-refractivity contribution in [2.45, 2.75) is 46.7 Å². The largest absolute Gasteiger partial charge is 0.494 e. The Balaban J connectivity index is 2.36. The van der Waals surface area contributed by atoms with E-state index in [2.05, 4.69) is 5.32 Å². The van der Waals surface area contributed by atoms with Crippen LogP contribution in [0.4, 0.5) is 5.69 Å². The summed E-state index contributed by atoms with van der Waals surface area (Å²) in [5.41, 5.74) is 2.21. The second kappa shape index (κ2) is 12.4. The number of aryl methyl sites for hydroxylation is 1. The third kappa shape index (κ3) is 7.48. The van der Waals surface area contributed by atoms with Gasteiger partial charge in [-0.15, -0.1) is 0 Å². The van der Waals surface area contributed by atoms with E-state index in [1.54, 1.807) is 31.2 Å². The maximum atomic E-state index is 13.5. The maximum Gasteiger partial charge on any atom is 0.244 e. The van der Waals surface area contributed by atoms with Crippen LogP contribution in [0.25, 0.3) is 0 Å². The van der Waals surface area contributed by atoms with Gasteiger partial charge in [-0.05, 0) is 62.6 Å². The van der Waals surface area contributed by atoms with E-state index in [-0.39, 0.29) is 12.5 Å². The first kappa shape index (κ1) is 27.2. The minimum Gasteiger partial charge on any atom is -0.494 e. The molecule has 0 aliphatic heterocycles. The van der Waals surface area contributed by atoms with Crippen LogP contribution in [0, 0.1) is 6.92 Å². The third-order valence-corrected chi connectivity index (χ3v) is 6.57. The van der Waals surface area contributed by atoms with Crippen LogP contribution in [-0.2, 0) is 26.2 Å². The Kier molecular flexibility index (Phi) is 9.92. The van der Waals surface area contributed by atoms with Crippen LogP contribution in [0.1, 0.15) is 38.3 Å². The third-order valence-electron chi connectivity index (χ3n) is 5.43. The molecule has 0 aromatic heterocycles. The summed E-state index contributed by atoms with van der Waals surface area (Å²) < 4.78 is 31.7. The average molecular weight is 490 g/mol. The van der Waals surface area contributed by atoms with Crippen molar-refractivity contribution in [1.29, 1.82) is 0 Å². The predicted octanol–water partition coefficient (Wildman–Crippen LogP) is 3.10. The molecular formula is C25H35N3O5S. The number of benzene rings is 2. The monoisotopic (exact) mass is 489 g/mol. The van der Waals surface area contributed by atoms with Crippen molar-refractivity contribution >= 4 is 27.5 Å². The zero-order valence-corrected chi connectivity index (χ0v) is 21.4. The summed E-state index contributed by atoms with van der Waals surface area (Å²) in [6.45, 7) is 8.14. The SMILES string of the molecule is CCCNC(=O)[C@@H](C)N(Cc1ccccc1C)C(=O)CN(c1ccc(OCC)cc1)S(C)(=O)=O. The van der Waals surface area contributed by atoms with Gasteiger partial charge in [-0.1, -0.05) is 31.2 Å². The number of ether oxygens (including phenoxy) is 1. The van der Waals surface area contributed by atoms with Crippen molar-refractivity contribution in [2.24, 2.45) is 0 Å². The van der Waals surface area contributed by atoms with Crippen LogP contribution in [0.15, 0.2) is 48.5 Å². The molecule has 9 heteroatoms. The normalized spacial score (nSPS) is 12.0.